The van der Waals surface area contributed by atoms with E-state index in [1.54, 1.807) is 6.08 Å². The van der Waals surface area contributed by atoms with E-state index >= 15 is 0 Å². The van der Waals surface area contributed by atoms with Crippen LogP contribution >= 0.6 is 0 Å². The van der Waals surface area contributed by atoms with E-state index < -0.39 is 0 Å². The van der Waals surface area contributed by atoms with Gasteiger partial charge in [-0.15, -0.1) is 0 Å². The lowest BCUT2D eigenvalue weighted by Crippen LogP contribution is -2.18. The van der Waals surface area contributed by atoms with E-state index in [9.17, 15) is 0 Å². The zero-order valence-electron chi connectivity index (χ0n) is 8.04. The molecule has 72 valence electrons. The molecule has 12 heavy (non-hydrogen) atoms. The molecule has 0 aliphatic heterocycles. The smallest absolute Gasteiger partial charge is 0.179 e. The van der Waals surface area contributed by atoms with Crippen molar-refractivity contribution in [3.05, 3.63) is 11.6 Å². The fraction of sp³-hybridized carbons (Fsp3) is 0.778. The van der Waals surface area contributed by atoms with Crippen LogP contribution in [-0.4, -0.2) is 31.2 Å². The molecule has 3 nitrogen and oxygen atoms in total. The summed E-state index contributed by atoms with van der Waals surface area (Å²) in [5.41, 5.74) is 0.918. The van der Waals surface area contributed by atoms with Crippen LogP contribution in [0.1, 0.15) is 20.8 Å². The van der Waals surface area contributed by atoms with Crippen molar-refractivity contribution in [3.8, 4) is 0 Å². The van der Waals surface area contributed by atoms with Crippen molar-refractivity contribution in [3.63, 3.8) is 0 Å². The lowest BCUT2D eigenvalue weighted by atomic mass is 10.3. The summed E-state index contributed by atoms with van der Waals surface area (Å²) in [4.78, 5) is 0. The van der Waals surface area contributed by atoms with Crippen molar-refractivity contribution < 1.29 is 14.6 Å². The molecule has 0 aromatic rings. The third kappa shape index (κ3) is 4.49. The van der Waals surface area contributed by atoms with Gasteiger partial charge in [-0.2, -0.15) is 0 Å². The molecule has 0 aliphatic rings. The first-order chi connectivity index (χ1) is 5.76. The van der Waals surface area contributed by atoms with E-state index in [-0.39, 0.29) is 12.9 Å². The van der Waals surface area contributed by atoms with Crippen LogP contribution in [0.2, 0.25) is 0 Å². The summed E-state index contributed by atoms with van der Waals surface area (Å²) in [6, 6.07) is 0. The molecule has 0 saturated carbocycles. The number of aliphatic hydroxyl groups is 1. The number of hydrogen-bond donors (Lipinski definition) is 1. The predicted octanol–water partition coefficient (Wildman–Crippen LogP) is 1.32. The van der Waals surface area contributed by atoms with Crippen LogP contribution in [0.3, 0.4) is 0 Å². The van der Waals surface area contributed by atoms with E-state index in [2.05, 4.69) is 0 Å². The monoisotopic (exact) mass is 174 g/mol. The van der Waals surface area contributed by atoms with Crippen LogP contribution in [0.5, 0.6) is 0 Å². The first kappa shape index (κ1) is 11.6. The minimum Gasteiger partial charge on any atom is -0.392 e. The second kappa shape index (κ2) is 7.28. The standard InChI is InChI=1S/C9H18O3/c1-4-11-9(12-5-2)8(3)6-7-10/h6,9-10H,4-5,7H2,1-3H3. The molecule has 1 N–H and O–H groups in total. The molecule has 0 heterocycles. The van der Waals surface area contributed by atoms with Crippen LogP contribution in [-0.2, 0) is 9.47 Å². The Bertz CT molecular complexity index is 126. The van der Waals surface area contributed by atoms with E-state index in [0.29, 0.717) is 13.2 Å². The zero-order chi connectivity index (χ0) is 9.40. The molecule has 0 saturated heterocycles. The Hall–Kier alpha value is -0.380. The molecular formula is C9H18O3. The molecule has 0 fully saturated rings. The average Bonchev–Trinajstić information content (AvgIpc) is 2.04. The van der Waals surface area contributed by atoms with Gasteiger partial charge in [0.1, 0.15) is 0 Å². The minimum atomic E-state index is -0.299. The van der Waals surface area contributed by atoms with E-state index in [0.717, 1.165) is 5.57 Å². The molecule has 0 bridgehead atoms. The van der Waals surface area contributed by atoms with Gasteiger partial charge >= 0.3 is 0 Å². The fourth-order valence-corrected chi connectivity index (χ4v) is 0.854. The van der Waals surface area contributed by atoms with Crippen molar-refractivity contribution in [2.45, 2.75) is 27.1 Å². The third-order valence-corrected chi connectivity index (χ3v) is 1.42. The van der Waals surface area contributed by atoms with Crippen LogP contribution in [0.25, 0.3) is 0 Å². The summed E-state index contributed by atoms with van der Waals surface area (Å²) >= 11 is 0. The van der Waals surface area contributed by atoms with Gasteiger partial charge < -0.3 is 14.6 Å². The Labute approximate surface area is 74.0 Å². The van der Waals surface area contributed by atoms with Gasteiger partial charge in [-0.25, -0.2) is 0 Å². The van der Waals surface area contributed by atoms with Crippen LogP contribution in [0.4, 0.5) is 0 Å². The summed E-state index contributed by atoms with van der Waals surface area (Å²) < 4.78 is 10.6. The van der Waals surface area contributed by atoms with Crippen LogP contribution in [0, 0.1) is 0 Å². The second-order valence-electron chi connectivity index (χ2n) is 2.37. The highest BCUT2D eigenvalue weighted by Gasteiger charge is 2.08. The molecular weight excluding hydrogens is 156 g/mol. The summed E-state index contributed by atoms with van der Waals surface area (Å²) in [6.07, 6.45) is 1.39. The lowest BCUT2D eigenvalue weighted by Gasteiger charge is -2.17. The molecule has 3 heteroatoms. The van der Waals surface area contributed by atoms with Gasteiger partial charge in [-0.05, 0) is 26.3 Å². The van der Waals surface area contributed by atoms with E-state index in [1.165, 1.54) is 0 Å². The number of aliphatic hydroxyl groups excluding tert-OH is 1. The summed E-state index contributed by atoms with van der Waals surface area (Å²) in [5.74, 6) is 0. The highest BCUT2D eigenvalue weighted by molar-refractivity contribution is 5.01. The molecule has 0 spiro atoms. The highest BCUT2D eigenvalue weighted by atomic mass is 16.7. The van der Waals surface area contributed by atoms with Crippen molar-refractivity contribution in [1.29, 1.82) is 0 Å². The van der Waals surface area contributed by atoms with Gasteiger partial charge in [-0.3, -0.25) is 0 Å². The van der Waals surface area contributed by atoms with Gasteiger partial charge in [-0.1, -0.05) is 6.08 Å². The van der Waals surface area contributed by atoms with Gasteiger partial charge in [0, 0.05) is 13.2 Å². The average molecular weight is 174 g/mol. The Morgan fingerprint density at radius 3 is 2.17 bits per heavy atom. The number of rotatable bonds is 6. The first-order valence-corrected chi connectivity index (χ1v) is 4.26. The van der Waals surface area contributed by atoms with Gasteiger partial charge in [0.05, 0.1) is 6.61 Å². The maximum Gasteiger partial charge on any atom is 0.179 e. The topological polar surface area (TPSA) is 38.7 Å². The molecule has 0 unspecified atom stereocenters. The van der Waals surface area contributed by atoms with E-state index in [1.807, 2.05) is 20.8 Å². The molecule has 0 atom stereocenters. The predicted molar refractivity (Wildman–Crippen MR) is 47.9 cm³/mol. The van der Waals surface area contributed by atoms with Gasteiger partial charge in [0.15, 0.2) is 6.29 Å². The molecule has 0 aliphatic carbocycles. The Morgan fingerprint density at radius 1 is 1.33 bits per heavy atom. The maximum absolute atomic E-state index is 8.63. The van der Waals surface area contributed by atoms with Crippen molar-refractivity contribution >= 4 is 0 Å². The summed E-state index contributed by atoms with van der Waals surface area (Å²) in [5, 5.41) is 8.63. The third-order valence-electron chi connectivity index (χ3n) is 1.42. The largest absolute Gasteiger partial charge is 0.392 e. The second-order valence-corrected chi connectivity index (χ2v) is 2.37. The molecule has 0 amide bonds. The molecule has 0 aromatic heterocycles. The normalized spacial score (nSPS) is 12.6. The zero-order valence-corrected chi connectivity index (χ0v) is 8.04. The Morgan fingerprint density at radius 2 is 1.83 bits per heavy atom. The van der Waals surface area contributed by atoms with Crippen molar-refractivity contribution in [1.82, 2.24) is 0 Å². The maximum atomic E-state index is 8.63. The Kier molecular flexibility index (Phi) is 7.05. The minimum absolute atomic E-state index is 0.0302. The lowest BCUT2D eigenvalue weighted by molar-refractivity contribution is -0.111. The van der Waals surface area contributed by atoms with Crippen molar-refractivity contribution in [2.75, 3.05) is 19.8 Å². The SMILES string of the molecule is CCOC(OCC)C(C)=CCO. The number of hydrogen-bond acceptors (Lipinski definition) is 3. The molecule has 0 radical (unpaired) electrons. The first-order valence-electron chi connectivity index (χ1n) is 4.26. The van der Waals surface area contributed by atoms with Gasteiger partial charge in [0.25, 0.3) is 0 Å². The van der Waals surface area contributed by atoms with E-state index in [4.69, 9.17) is 14.6 Å². The van der Waals surface area contributed by atoms with Crippen LogP contribution < -0.4 is 0 Å². The fourth-order valence-electron chi connectivity index (χ4n) is 0.854. The summed E-state index contributed by atoms with van der Waals surface area (Å²) in [6.45, 7) is 6.97. The summed E-state index contributed by atoms with van der Waals surface area (Å²) in [7, 11) is 0. The van der Waals surface area contributed by atoms with Gasteiger partial charge in [0.2, 0.25) is 0 Å². The Balaban J connectivity index is 3.98. The van der Waals surface area contributed by atoms with Crippen molar-refractivity contribution in [2.24, 2.45) is 0 Å². The quantitative estimate of drug-likeness (QED) is 0.487. The highest BCUT2D eigenvalue weighted by Crippen LogP contribution is 2.07. The van der Waals surface area contributed by atoms with Crippen LogP contribution in [0.15, 0.2) is 11.6 Å². The molecule has 0 rings (SSSR count). The number of ether oxygens (including phenoxy) is 2. The molecule has 0 aromatic carbocycles.